The summed E-state index contributed by atoms with van der Waals surface area (Å²) in [5.41, 5.74) is 1.06. The van der Waals surface area contributed by atoms with Crippen molar-refractivity contribution in [2.75, 3.05) is 43.5 Å². The molecule has 24 heavy (non-hydrogen) atoms. The lowest BCUT2D eigenvalue weighted by Crippen LogP contribution is -2.48. The van der Waals surface area contributed by atoms with Crippen LogP contribution in [0.4, 0.5) is 17.2 Å². The molecule has 1 fully saturated rings. The summed E-state index contributed by atoms with van der Waals surface area (Å²) in [6.45, 7) is 1.90. The molecule has 2 aromatic rings. The standard InChI is InChI=1S/C16H18BrN5O2/c1-20-5-6-22(15(23)10-20)12-3-4-14(18-9-12)21(2)13-7-11(17)8-19-16(13)24/h3-4,7-9H,5-6,10H2,1-2H3,(H,19,24). The molecule has 0 aliphatic carbocycles. The van der Waals surface area contributed by atoms with Crippen LogP contribution in [0, 0.1) is 0 Å². The summed E-state index contributed by atoms with van der Waals surface area (Å²) < 4.78 is 0.781. The van der Waals surface area contributed by atoms with Crippen LogP contribution in [-0.2, 0) is 4.79 Å². The molecule has 0 unspecified atom stereocenters. The Hall–Kier alpha value is -2.19. The molecule has 0 aromatic carbocycles. The van der Waals surface area contributed by atoms with Crippen molar-refractivity contribution in [1.29, 1.82) is 0 Å². The Morgan fingerprint density at radius 3 is 2.75 bits per heavy atom. The zero-order chi connectivity index (χ0) is 17.3. The van der Waals surface area contributed by atoms with E-state index in [1.165, 1.54) is 0 Å². The van der Waals surface area contributed by atoms with Crippen LogP contribution in [0.15, 0.2) is 39.9 Å². The van der Waals surface area contributed by atoms with E-state index in [2.05, 4.69) is 25.9 Å². The number of likely N-dealkylation sites (N-methyl/N-ethyl adjacent to an activating group) is 1. The van der Waals surface area contributed by atoms with Gasteiger partial charge in [0.2, 0.25) is 5.91 Å². The molecule has 3 heterocycles. The van der Waals surface area contributed by atoms with Gasteiger partial charge in [-0.2, -0.15) is 0 Å². The number of carbonyl (C=O) groups excluding carboxylic acids is 1. The fourth-order valence-corrected chi connectivity index (χ4v) is 2.95. The fourth-order valence-electron chi connectivity index (χ4n) is 2.62. The van der Waals surface area contributed by atoms with Gasteiger partial charge in [-0.05, 0) is 41.2 Å². The number of aromatic nitrogens is 2. The van der Waals surface area contributed by atoms with Crippen LogP contribution < -0.4 is 15.4 Å². The number of hydrogen-bond acceptors (Lipinski definition) is 5. The molecular formula is C16H18BrN5O2. The van der Waals surface area contributed by atoms with Gasteiger partial charge in [0.05, 0.1) is 18.4 Å². The first kappa shape index (κ1) is 16.7. The highest BCUT2D eigenvalue weighted by Gasteiger charge is 2.23. The second-order valence-electron chi connectivity index (χ2n) is 5.75. The van der Waals surface area contributed by atoms with Crippen molar-refractivity contribution in [1.82, 2.24) is 14.9 Å². The van der Waals surface area contributed by atoms with Gasteiger partial charge in [0.1, 0.15) is 11.5 Å². The van der Waals surface area contributed by atoms with Gasteiger partial charge in [0.25, 0.3) is 5.56 Å². The second kappa shape index (κ2) is 6.74. The highest BCUT2D eigenvalue weighted by atomic mass is 79.9. The molecular weight excluding hydrogens is 374 g/mol. The van der Waals surface area contributed by atoms with Crippen molar-refractivity contribution < 1.29 is 4.79 Å². The molecule has 0 atom stereocenters. The van der Waals surface area contributed by atoms with Crippen molar-refractivity contribution in [2.45, 2.75) is 0 Å². The Morgan fingerprint density at radius 1 is 1.29 bits per heavy atom. The molecule has 1 amide bonds. The Kier molecular flexibility index (Phi) is 4.68. The minimum atomic E-state index is -0.194. The first-order chi connectivity index (χ1) is 11.5. The van der Waals surface area contributed by atoms with E-state index < -0.39 is 0 Å². The molecule has 1 saturated heterocycles. The van der Waals surface area contributed by atoms with Crippen LogP contribution in [0.2, 0.25) is 0 Å². The summed E-state index contributed by atoms with van der Waals surface area (Å²) in [6.07, 6.45) is 3.26. The van der Waals surface area contributed by atoms with E-state index in [0.717, 1.165) is 16.7 Å². The number of rotatable bonds is 3. The topological polar surface area (TPSA) is 72.5 Å². The SMILES string of the molecule is CN1CCN(c2ccc(N(C)c3cc(Br)c[nH]c3=O)nc2)C(=O)C1. The molecule has 3 rings (SSSR count). The van der Waals surface area contributed by atoms with Gasteiger partial charge in [-0.3, -0.25) is 14.5 Å². The highest BCUT2D eigenvalue weighted by Crippen LogP contribution is 2.23. The quantitative estimate of drug-likeness (QED) is 0.859. The average molecular weight is 392 g/mol. The van der Waals surface area contributed by atoms with Crippen LogP contribution in [0.3, 0.4) is 0 Å². The molecule has 0 radical (unpaired) electrons. The Morgan fingerprint density at radius 2 is 2.08 bits per heavy atom. The van der Waals surface area contributed by atoms with Crippen molar-refractivity contribution in [2.24, 2.45) is 0 Å². The lowest BCUT2D eigenvalue weighted by atomic mass is 10.2. The number of halogens is 1. The van der Waals surface area contributed by atoms with E-state index in [-0.39, 0.29) is 11.5 Å². The summed E-state index contributed by atoms with van der Waals surface area (Å²) in [5.74, 6) is 0.694. The predicted molar refractivity (Wildman–Crippen MR) is 96.9 cm³/mol. The summed E-state index contributed by atoms with van der Waals surface area (Å²) in [5, 5.41) is 0. The Balaban J connectivity index is 1.83. The van der Waals surface area contributed by atoms with Gasteiger partial charge in [0.15, 0.2) is 0 Å². The van der Waals surface area contributed by atoms with Gasteiger partial charge in [-0.1, -0.05) is 0 Å². The molecule has 1 N–H and O–H groups in total. The average Bonchev–Trinajstić information content (AvgIpc) is 2.57. The molecule has 126 valence electrons. The zero-order valence-corrected chi connectivity index (χ0v) is 15.1. The number of piperazine rings is 1. The number of anilines is 3. The normalized spacial score (nSPS) is 15.6. The van der Waals surface area contributed by atoms with E-state index in [1.54, 1.807) is 41.4 Å². The van der Waals surface area contributed by atoms with Gasteiger partial charge >= 0.3 is 0 Å². The first-order valence-corrected chi connectivity index (χ1v) is 8.32. The van der Waals surface area contributed by atoms with Gasteiger partial charge < -0.3 is 14.8 Å². The number of hydrogen-bond donors (Lipinski definition) is 1. The second-order valence-corrected chi connectivity index (χ2v) is 6.66. The Bertz CT molecular complexity index is 805. The van der Waals surface area contributed by atoms with E-state index in [4.69, 9.17) is 0 Å². The van der Waals surface area contributed by atoms with Gasteiger partial charge in [-0.15, -0.1) is 0 Å². The number of carbonyl (C=O) groups is 1. The minimum absolute atomic E-state index is 0.0649. The zero-order valence-electron chi connectivity index (χ0n) is 13.5. The first-order valence-electron chi connectivity index (χ1n) is 7.52. The van der Waals surface area contributed by atoms with E-state index >= 15 is 0 Å². The van der Waals surface area contributed by atoms with Crippen LogP contribution in [-0.4, -0.2) is 54.5 Å². The third kappa shape index (κ3) is 3.34. The number of nitrogens with zero attached hydrogens (tertiary/aromatic N) is 4. The summed E-state index contributed by atoms with van der Waals surface area (Å²) in [4.78, 5) is 36.6. The van der Waals surface area contributed by atoms with Crippen molar-refractivity contribution >= 4 is 39.0 Å². The van der Waals surface area contributed by atoms with E-state index in [1.807, 2.05) is 18.0 Å². The lowest BCUT2D eigenvalue weighted by molar-refractivity contribution is -0.120. The third-order valence-electron chi connectivity index (χ3n) is 4.01. The molecule has 8 heteroatoms. The number of aromatic amines is 1. The maximum Gasteiger partial charge on any atom is 0.271 e. The Labute approximate surface area is 148 Å². The monoisotopic (exact) mass is 391 g/mol. The number of pyridine rings is 2. The van der Waals surface area contributed by atoms with E-state index in [9.17, 15) is 9.59 Å². The van der Waals surface area contributed by atoms with Crippen molar-refractivity contribution in [3.05, 3.63) is 45.4 Å². The molecule has 0 saturated carbocycles. The smallest absolute Gasteiger partial charge is 0.271 e. The number of amides is 1. The number of H-pyrrole nitrogens is 1. The summed E-state index contributed by atoms with van der Waals surface area (Å²) >= 11 is 3.35. The molecule has 1 aliphatic heterocycles. The molecule has 1 aliphatic rings. The summed E-state index contributed by atoms with van der Waals surface area (Å²) in [7, 11) is 3.71. The maximum atomic E-state index is 12.1. The third-order valence-corrected chi connectivity index (χ3v) is 4.47. The highest BCUT2D eigenvalue weighted by molar-refractivity contribution is 9.10. The van der Waals surface area contributed by atoms with Crippen LogP contribution >= 0.6 is 15.9 Å². The molecule has 0 spiro atoms. The van der Waals surface area contributed by atoms with Crippen LogP contribution in [0.25, 0.3) is 0 Å². The van der Waals surface area contributed by atoms with Gasteiger partial charge in [0, 0.05) is 30.8 Å². The minimum Gasteiger partial charge on any atom is -0.326 e. The van der Waals surface area contributed by atoms with Crippen LogP contribution in [0.5, 0.6) is 0 Å². The molecule has 7 nitrogen and oxygen atoms in total. The fraction of sp³-hybridized carbons (Fsp3) is 0.312. The van der Waals surface area contributed by atoms with Crippen LogP contribution in [0.1, 0.15) is 0 Å². The van der Waals surface area contributed by atoms with E-state index in [0.29, 0.717) is 24.6 Å². The molecule has 0 bridgehead atoms. The van der Waals surface area contributed by atoms with Crippen molar-refractivity contribution in [3.63, 3.8) is 0 Å². The number of nitrogens with one attached hydrogen (secondary N) is 1. The summed E-state index contributed by atoms with van der Waals surface area (Å²) in [6, 6.07) is 5.40. The lowest BCUT2D eigenvalue weighted by Gasteiger charge is -2.32. The maximum absolute atomic E-state index is 12.1. The van der Waals surface area contributed by atoms with Crippen molar-refractivity contribution in [3.8, 4) is 0 Å². The molecule has 2 aromatic heterocycles. The largest absolute Gasteiger partial charge is 0.326 e. The predicted octanol–water partition coefficient (Wildman–Crippen LogP) is 1.58. The van der Waals surface area contributed by atoms with Gasteiger partial charge in [-0.25, -0.2) is 4.98 Å².